The van der Waals surface area contributed by atoms with E-state index in [1.54, 1.807) is 11.7 Å². The zero-order chi connectivity index (χ0) is 11.9. The third-order valence-electron chi connectivity index (χ3n) is 2.27. The minimum atomic E-state index is -0.736. The number of nitrogens with zero attached hydrogens (tertiary/aromatic N) is 4. The predicted octanol–water partition coefficient (Wildman–Crippen LogP) is 1.73. The Morgan fingerprint density at radius 2 is 2.12 bits per heavy atom. The van der Waals surface area contributed by atoms with Gasteiger partial charge in [-0.3, -0.25) is 0 Å². The van der Waals surface area contributed by atoms with Crippen LogP contribution >= 0.6 is 27.3 Å². The molecule has 1 atom stereocenters. The monoisotopic (exact) mass is 302 g/mol. The molecule has 0 fully saturated rings. The number of aliphatic hydroxyl groups excluding tert-OH is 1. The SMILES string of the molecule is Cc1nc(C)c(C(O)c2c(Br)nnn2C)s1. The summed E-state index contributed by atoms with van der Waals surface area (Å²) < 4.78 is 2.12. The molecule has 0 spiro atoms. The van der Waals surface area contributed by atoms with Gasteiger partial charge in [0.1, 0.15) is 11.8 Å². The molecule has 0 radical (unpaired) electrons. The molecular formula is C9H11BrN4OS. The Morgan fingerprint density at radius 1 is 1.44 bits per heavy atom. The van der Waals surface area contributed by atoms with E-state index in [2.05, 4.69) is 31.2 Å². The van der Waals surface area contributed by atoms with E-state index in [1.807, 2.05) is 13.8 Å². The largest absolute Gasteiger partial charge is 0.381 e. The summed E-state index contributed by atoms with van der Waals surface area (Å²) in [7, 11) is 1.75. The first kappa shape index (κ1) is 11.7. The molecule has 0 amide bonds. The highest BCUT2D eigenvalue weighted by molar-refractivity contribution is 9.10. The van der Waals surface area contributed by atoms with Crippen LogP contribution in [0.5, 0.6) is 0 Å². The van der Waals surface area contributed by atoms with Gasteiger partial charge in [-0.15, -0.1) is 16.4 Å². The Morgan fingerprint density at radius 3 is 2.56 bits per heavy atom. The van der Waals surface area contributed by atoms with Crippen molar-refractivity contribution in [3.05, 3.63) is 25.9 Å². The molecule has 0 aliphatic heterocycles. The topological polar surface area (TPSA) is 63.8 Å². The van der Waals surface area contributed by atoms with Crippen LogP contribution in [-0.2, 0) is 7.05 Å². The first-order valence-corrected chi connectivity index (χ1v) is 6.28. The maximum Gasteiger partial charge on any atom is 0.154 e. The van der Waals surface area contributed by atoms with Gasteiger partial charge in [-0.05, 0) is 29.8 Å². The van der Waals surface area contributed by atoms with Crippen LogP contribution in [0.2, 0.25) is 0 Å². The molecule has 2 aromatic rings. The van der Waals surface area contributed by atoms with Gasteiger partial charge in [0, 0.05) is 7.05 Å². The smallest absolute Gasteiger partial charge is 0.154 e. The van der Waals surface area contributed by atoms with Crippen LogP contribution in [0.3, 0.4) is 0 Å². The Hall–Kier alpha value is -0.790. The number of rotatable bonds is 2. The summed E-state index contributed by atoms with van der Waals surface area (Å²) in [4.78, 5) is 5.13. The number of hydrogen-bond donors (Lipinski definition) is 1. The van der Waals surface area contributed by atoms with E-state index in [9.17, 15) is 5.11 Å². The predicted molar refractivity (Wildman–Crippen MR) is 64.4 cm³/mol. The maximum atomic E-state index is 10.3. The van der Waals surface area contributed by atoms with E-state index < -0.39 is 6.10 Å². The zero-order valence-electron chi connectivity index (χ0n) is 9.10. The molecule has 1 N–H and O–H groups in total. The van der Waals surface area contributed by atoms with E-state index in [0.717, 1.165) is 15.6 Å². The van der Waals surface area contributed by atoms with E-state index in [-0.39, 0.29) is 0 Å². The van der Waals surface area contributed by atoms with Crippen molar-refractivity contribution in [2.75, 3.05) is 0 Å². The van der Waals surface area contributed by atoms with E-state index in [1.165, 1.54) is 11.3 Å². The lowest BCUT2D eigenvalue weighted by Gasteiger charge is -2.09. The molecule has 0 saturated carbocycles. The molecule has 16 heavy (non-hydrogen) atoms. The minimum absolute atomic E-state index is 0.563. The van der Waals surface area contributed by atoms with Crippen molar-refractivity contribution in [3.8, 4) is 0 Å². The summed E-state index contributed by atoms with van der Waals surface area (Å²) in [6, 6.07) is 0. The van der Waals surface area contributed by atoms with Crippen molar-refractivity contribution in [1.29, 1.82) is 0 Å². The lowest BCUT2D eigenvalue weighted by atomic mass is 10.2. The van der Waals surface area contributed by atoms with Gasteiger partial charge < -0.3 is 5.11 Å². The van der Waals surface area contributed by atoms with E-state index in [4.69, 9.17) is 0 Å². The third-order valence-corrected chi connectivity index (χ3v) is 3.96. The summed E-state index contributed by atoms with van der Waals surface area (Å²) in [5, 5.41) is 18.9. The number of thiazole rings is 1. The van der Waals surface area contributed by atoms with Crippen LogP contribution in [0.4, 0.5) is 0 Å². The molecule has 2 aromatic heterocycles. The van der Waals surface area contributed by atoms with Crippen LogP contribution in [0.25, 0.3) is 0 Å². The number of halogens is 1. The lowest BCUT2D eigenvalue weighted by Crippen LogP contribution is -2.07. The fourth-order valence-corrected chi connectivity index (χ4v) is 3.02. The Bertz CT molecular complexity index is 502. The second-order valence-electron chi connectivity index (χ2n) is 3.47. The molecule has 2 rings (SSSR count). The molecule has 0 bridgehead atoms. The molecule has 0 aliphatic rings. The van der Waals surface area contributed by atoms with Gasteiger partial charge in [0.25, 0.3) is 0 Å². The van der Waals surface area contributed by atoms with Crippen molar-refractivity contribution < 1.29 is 5.11 Å². The minimum Gasteiger partial charge on any atom is -0.381 e. The first-order chi connectivity index (χ1) is 7.50. The second-order valence-corrected chi connectivity index (χ2v) is 5.46. The highest BCUT2D eigenvalue weighted by Crippen LogP contribution is 2.32. The molecule has 0 saturated heterocycles. The van der Waals surface area contributed by atoms with Gasteiger partial charge in [-0.2, -0.15) is 0 Å². The molecule has 5 nitrogen and oxygen atoms in total. The molecule has 0 aromatic carbocycles. The van der Waals surface area contributed by atoms with Gasteiger partial charge in [-0.25, -0.2) is 9.67 Å². The summed E-state index contributed by atoms with van der Waals surface area (Å²) in [6.45, 7) is 3.81. The number of aliphatic hydroxyl groups is 1. The van der Waals surface area contributed by atoms with Gasteiger partial charge in [0.05, 0.1) is 15.6 Å². The van der Waals surface area contributed by atoms with Crippen LogP contribution in [0, 0.1) is 13.8 Å². The Labute approximate surface area is 105 Å². The number of aromatic nitrogens is 4. The fraction of sp³-hybridized carbons (Fsp3) is 0.444. The zero-order valence-corrected chi connectivity index (χ0v) is 11.5. The van der Waals surface area contributed by atoms with Crippen LogP contribution < -0.4 is 0 Å². The number of aryl methyl sites for hydroxylation is 3. The van der Waals surface area contributed by atoms with Crippen molar-refractivity contribution in [1.82, 2.24) is 20.0 Å². The number of hydrogen-bond acceptors (Lipinski definition) is 5. The van der Waals surface area contributed by atoms with Gasteiger partial charge in [0.2, 0.25) is 0 Å². The van der Waals surface area contributed by atoms with Gasteiger partial charge in [0.15, 0.2) is 4.60 Å². The fourth-order valence-electron chi connectivity index (χ4n) is 1.55. The van der Waals surface area contributed by atoms with Gasteiger partial charge in [-0.1, -0.05) is 5.21 Å². The quantitative estimate of drug-likeness (QED) is 0.918. The van der Waals surface area contributed by atoms with Crippen molar-refractivity contribution in [3.63, 3.8) is 0 Å². The maximum absolute atomic E-state index is 10.3. The van der Waals surface area contributed by atoms with E-state index in [0.29, 0.717) is 10.3 Å². The molecule has 7 heteroatoms. The Kier molecular flexibility index (Phi) is 3.09. The Balaban J connectivity index is 2.46. The molecular weight excluding hydrogens is 292 g/mol. The van der Waals surface area contributed by atoms with Crippen molar-refractivity contribution in [2.24, 2.45) is 7.05 Å². The highest BCUT2D eigenvalue weighted by Gasteiger charge is 2.23. The summed E-state index contributed by atoms with van der Waals surface area (Å²) in [5.74, 6) is 0. The van der Waals surface area contributed by atoms with Crippen LogP contribution in [-0.4, -0.2) is 25.1 Å². The second kappa shape index (κ2) is 4.23. The van der Waals surface area contributed by atoms with Gasteiger partial charge >= 0.3 is 0 Å². The normalized spacial score (nSPS) is 13.1. The average molecular weight is 303 g/mol. The highest BCUT2D eigenvalue weighted by atomic mass is 79.9. The van der Waals surface area contributed by atoms with Crippen molar-refractivity contribution in [2.45, 2.75) is 20.0 Å². The van der Waals surface area contributed by atoms with E-state index >= 15 is 0 Å². The summed E-state index contributed by atoms with van der Waals surface area (Å²) >= 11 is 4.76. The first-order valence-electron chi connectivity index (χ1n) is 4.67. The molecule has 2 heterocycles. The van der Waals surface area contributed by atoms with Crippen LogP contribution in [0.1, 0.15) is 27.4 Å². The van der Waals surface area contributed by atoms with Crippen molar-refractivity contribution >= 4 is 27.3 Å². The lowest BCUT2D eigenvalue weighted by molar-refractivity contribution is 0.212. The summed E-state index contributed by atoms with van der Waals surface area (Å²) in [6.07, 6.45) is -0.736. The third kappa shape index (κ3) is 1.90. The molecule has 0 aliphatic carbocycles. The molecule has 86 valence electrons. The summed E-state index contributed by atoms with van der Waals surface area (Å²) in [5.41, 5.74) is 1.50. The molecule has 1 unspecified atom stereocenters. The average Bonchev–Trinajstić information content (AvgIpc) is 2.70. The van der Waals surface area contributed by atoms with Crippen LogP contribution in [0.15, 0.2) is 4.60 Å². The standard InChI is InChI=1S/C9H11BrN4OS/c1-4-8(16-5(2)11-4)7(15)6-9(10)12-13-14(6)3/h7,15H,1-3H3.